The van der Waals surface area contributed by atoms with Gasteiger partial charge in [0.15, 0.2) is 0 Å². The van der Waals surface area contributed by atoms with Crippen LogP contribution in [0.4, 0.5) is 11.4 Å². The molecule has 132 valence electrons. The number of rotatable bonds is 9. The number of carbonyl (C=O) groups excluding carboxylic acids is 2. The molecular formula is C19H23N3O3. The molecule has 0 saturated heterocycles. The molecule has 25 heavy (non-hydrogen) atoms. The Balaban J connectivity index is 1.86. The van der Waals surface area contributed by atoms with Crippen molar-refractivity contribution >= 4 is 23.2 Å². The molecule has 0 unspecified atom stereocenters. The van der Waals surface area contributed by atoms with Crippen LogP contribution in [0, 0.1) is 0 Å². The van der Waals surface area contributed by atoms with Gasteiger partial charge >= 0.3 is 0 Å². The lowest BCUT2D eigenvalue weighted by Gasteiger charge is -2.10. The molecule has 2 amide bonds. The Morgan fingerprint density at radius 1 is 1.08 bits per heavy atom. The minimum atomic E-state index is -0.533. The summed E-state index contributed by atoms with van der Waals surface area (Å²) in [6.07, 6.45) is 2.08. The Morgan fingerprint density at radius 2 is 1.84 bits per heavy atom. The zero-order valence-electron chi connectivity index (χ0n) is 14.2. The first-order valence-corrected chi connectivity index (χ1v) is 8.25. The normalized spacial score (nSPS) is 10.1. The summed E-state index contributed by atoms with van der Waals surface area (Å²) in [7, 11) is 0. The number of benzene rings is 2. The molecule has 0 fully saturated rings. The second-order valence-electron chi connectivity index (χ2n) is 5.58. The lowest BCUT2D eigenvalue weighted by molar-refractivity contribution is -0.114. The molecule has 0 bridgehead atoms. The summed E-state index contributed by atoms with van der Waals surface area (Å²) in [5.74, 6) is 0.0149. The molecule has 0 aliphatic rings. The number of unbranched alkanes of at least 4 members (excludes halogenated alkanes) is 1. The molecule has 2 rings (SSSR count). The van der Waals surface area contributed by atoms with Crippen molar-refractivity contribution in [1.82, 2.24) is 0 Å². The quantitative estimate of drug-likeness (QED) is 0.611. The molecule has 4 N–H and O–H groups in total. The van der Waals surface area contributed by atoms with Crippen molar-refractivity contribution < 1.29 is 14.3 Å². The summed E-state index contributed by atoms with van der Waals surface area (Å²) in [5.41, 5.74) is 6.91. The van der Waals surface area contributed by atoms with Gasteiger partial charge in [0, 0.05) is 23.0 Å². The Kier molecular flexibility index (Phi) is 6.83. The fourth-order valence-electron chi connectivity index (χ4n) is 2.17. The summed E-state index contributed by atoms with van der Waals surface area (Å²) in [5, 5.41) is 5.77. The number of amides is 2. The maximum absolute atomic E-state index is 12.0. The number of carbonyl (C=O) groups is 2. The average molecular weight is 341 g/mol. The summed E-state index contributed by atoms with van der Waals surface area (Å²) < 4.78 is 5.64. The van der Waals surface area contributed by atoms with Gasteiger partial charge in [-0.25, -0.2) is 0 Å². The lowest BCUT2D eigenvalue weighted by atomic mass is 10.2. The molecule has 6 nitrogen and oxygen atoms in total. The molecule has 0 aromatic heterocycles. The third-order valence-corrected chi connectivity index (χ3v) is 3.48. The van der Waals surface area contributed by atoms with Crippen LogP contribution in [0.2, 0.25) is 0 Å². The van der Waals surface area contributed by atoms with Crippen LogP contribution < -0.4 is 21.1 Å². The standard InChI is InChI=1S/C19H23N3O3/c1-2-3-10-25-17-9-5-7-15(12-17)21-13-18(23)22-16-8-4-6-14(11-16)19(20)24/h4-9,11-12,21H,2-3,10,13H2,1H3,(H2,20,24)(H,22,23). The number of nitrogens with one attached hydrogen (secondary N) is 2. The third kappa shape index (κ3) is 6.18. The van der Waals surface area contributed by atoms with Crippen LogP contribution in [-0.4, -0.2) is 25.0 Å². The highest BCUT2D eigenvalue weighted by molar-refractivity contribution is 5.97. The van der Waals surface area contributed by atoms with Gasteiger partial charge in [-0.2, -0.15) is 0 Å². The van der Waals surface area contributed by atoms with Crippen LogP contribution >= 0.6 is 0 Å². The van der Waals surface area contributed by atoms with Gasteiger partial charge in [0.1, 0.15) is 5.75 Å². The first-order valence-electron chi connectivity index (χ1n) is 8.25. The fourth-order valence-corrected chi connectivity index (χ4v) is 2.17. The molecule has 6 heteroatoms. The molecule has 0 radical (unpaired) electrons. The van der Waals surface area contributed by atoms with Crippen molar-refractivity contribution in [1.29, 1.82) is 0 Å². The van der Waals surface area contributed by atoms with Crippen molar-refractivity contribution in [2.24, 2.45) is 5.73 Å². The minimum Gasteiger partial charge on any atom is -0.494 e. The van der Waals surface area contributed by atoms with E-state index in [0.29, 0.717) is 17.9 Å². The molecule has 0 atom stereocenters. The summed E-state index contributed by atoms with van der Waals surface area (Å²) in [6, 6.07) is 14.0. The van der Waals surface area contributed by atoms with E-state index in [0.717, 1.165) is 24.3 Å². The predicted octanol–water partition coefficient (Wildman–Crippen LogP) is 3.02. The Morgan fingerprint density at radius 3 is 2.60 bits per heavy atom. The van der Waals surface area contributed by atoms with Crippen LogP contribution in [0.5, 0.6) is 5.75 Å². The van der Waals surface area contributed by atoms with Crippen LogP contribution in [0.1, 0.15) is 30.1 Å². The van der Waals surface area contributed by atoms with E-state index in [1.54, 1.807) is 24.3 Å². The third-order valence-electron chi connectivity index (χ3n) is 3.48. The van der Waals surface area contributed by atoms with E-state index >= 15 is 0 Å². The zero-order chi connectivity index (χ0) is 18.1. The minimum absolute atomic E-state index is 0.0964. The van der Waals surface area contributed by atoms with Gasteiger partial charge in [0.2, 0.25) is 11.8 Å². The van der Waals surface area contributed by atoms with Gasteiger partial charge in [-0.05, 0) is 36.8 Å². The summed E-state index contributed by atoms with van der Waals surface area (Å²) in [6.45, 7) is 2.88. The molecule has 0 aliphatic carbocycles. The predicted molar refractivity (Wildman–Crippen MR) is 98.9 cm³/mol. The number of primary amides is 1. The van der Waals surface area contributed by atoms with E-state index in [-0.39, 0.29) is 12.5 Å². The average Bonchev–Trinajstić information content (AvgIpc) is 2.61. The molecule has 2 aromatic carbocycles. The van der Waals surface area contributed by atoms with Gasteiger partial charge in [-0.3, -0.25) is 9.59 Å². The highest BCUT2D eigenvalue weighted by Crippen LogP contribution is 2.17. The largest absolute Gasteiger partial charge is 0.494 e. The van der Waals surface area contributed by atoms with Crippen molar-refractivity contribution in [3.8, 4) is 5.75 Å². The van der Waals surface area contributed by atoms with Gasteiger partial charge in [-0.1, -0.05) is 25.5 Å². The van der Waals surface area contributed by atoms with Crippen molar-refractivity contribution in [3.63, 3.8) is 0 Å². The molecule has 0 saturated carbocycles. The van der Waals surface area contributed by atoms with E-state index in [1.165, 1.54) is 0 Å². The monoisotopic (exact) mass is 341 g/mol. The molecule has 0 spiro atoms. The molecule has 0 aliphatic heterocycles. The fraction of sp³-hybridized carbons (Fsp3) is 0.263. The number of hydrogen-bond donors (Lipinski definition) is 3. The Bertz CT molecular complexity index is 731. The van der Waals surface area contributed by atoms with Gasteiger partial charge in [-0.15, -0.1) is 0 Å². The molecular weight excluding hydrogens is 318 g/mol. The van der Waals surface area contributed by atoms with Gasteiger partial charge < -0.3 is 21.1 Å². The van der Waals surface area contributed by atoms with E-state index < -0.39 is 5.91 Å². The first kappa shape index (κ1) is 18.3. The van der Waals surface area contributed by atoms with E-state index in [9.17, 15) is 9.59 Å². The topological polar surface area (TPSA) is 93.4 Å². The number of nitrogens with two attached hydrogens (primary N) is 1. The smallest absolute Gasteiger partial charge is 0.248 e. The molecule has 0 heterocycles. The number of hydrogen-bond acceptors (Lipinski definition) is 4. The van der Waals surface area contributed by atoms with Crippen LogP contribution in [-0.2, 0) is 4.79 Å². The highest BCUT2D eigenvalue weighted by Gasteiger charge is 2.06. The van der Waals surface area contributed by atoms with E-state index in [1.807, 2.05) is 24.3 Å². The number of ether oxygens (including phenoxy) is 1. The van der Waals surface area contributed by atoms with Gasteiger partial charge in [0.05, 0.1) is 13.2 Å². The van der Waals surface area contributed by atoms with Crippen LogP contribution in [0.15, 0.2) is 48.5 Å². The van der Waals surface area contributed by atoms with E-state index in [2.05, 4.69) is 17.6 Å². The summed E-state index contributed by atoms with van der Waals surface area (Å²) >= 11 is 0. The van der Waals surface area contributed by atoms with Crippen LogP contribution in [0.25, 0.3) is 0 Å². The Hall–Kier alpha value is -3.02. The lowest BCUT2D eigenvalue weighted by Crippen LogP contribution is -2.22. The molecule has 2 aromatic rings. The maximum Gasteiger partial charge on any atom is 0.248 e. The number of anilines is 2. The van der Waals surface area contributed by atoms with Crippen molar-refractivity contribution in [3.05, 3.63) is 54.1 Å². The van der Waals surface area contributed by atoms with Crippen LogP contribution in [0.3, 0.4) is 0 Å². The van der Waals surface area contributed by atoms with Crippen molar-refractivity contribution in [2.45, 2.75) is 19.8 Å². The Labute approximate surface area is 147 Å². The first-order chi connectivity index (χ1) is 12.1. The van der Waals surface area contributed by atoms with E-state index in [4.69, 9.17) is 10.5 Å². The second-order valence-corrected chi connectivity index (χ2v) is 5.58. The maximum atomic E-state index is 12.0. The highest BCUT2D eigenvalue weighted by atomic mass is 16.5. The van der Waals surface area contributed by atoms with Gasteiger partial charge in [0.25, 0.3) is 0 Å². The second kappa shape index (κ2) is 9.32. The SMILES string of the molecule is CCCCOc1cccc(NCC(=O)Nc2cccc(C(N)=O)c2)c1. The van der Waals surface area contributed by atoms with Crippen molar-refractivity contribution in [2.75, 3.05) is 23.8 Å². The zero-order valence-corrected chi connectivity index (χ0v) is 14.2. The summed E-state index contributed by atoms with van der Waals surface area (Å²) in [4.78, 5) is 23.2.